The van der Waals surface area contributed by atoms with Crippen molar-refractivity contribution in [3.8, 4) is 0 Å². The van der Waals surface area contributed by atoms with E-state index < -0.39 is 0 Å². The molecule has 17 heavy (non-hydrogen) atoms. The number of hydrogen-bond donors (Lipinski definition) is 0. The molecule has 0 bridgehead atoms. The molecule has 0 N–H and O–H groups in total. The van der Waals surface area contributed by atoms with E-state index >= 15 is 0 Å². The average molecular weight is 235 g/mol. The zero-order valence-electron chi connectivity index (χ0n) is 10.5. The number of aromatic nitrogens is 2. The number of rotatable bonds is 3. The summed E-state index contributed by atoms with van der Waals surface area (Å²) in [6.07, 6.45) is 8.46. The molecule has 1 saturated carbocycles. The van der Waals surface area contributed by atoms with Crippen LogP contribution in [0.3, 0.4) is 0 Å². The first-order valence-electron chi connectivity index (χ1n) is 6.75. The molecule has 4 heteroatoms. The van der Waals surface area contributed by atoms with Crippen LogP contribution in [0.25, 0.3) is 0 Å². The van der Waals surface area contributed by atoms with Crippen molar-refractivity contribution in [1.29, 1.82) is 0 Å². The van der Waals surface area contributed by atoms with E-state index in [1.807, 2.05) is 10.9 Å². The summed E-state index contributed by atoms with van der Waals surface area (Å²) >= 11 is 0. The third-order valence-corrected chi connectivity index (χ3v) is 4.04. The van der Waals surface area contributed by atoms with Gasteiger partial charge in [-0.15, -0.1) is 0 Å². The van der Waals surface area contributed by atoms with E-state index in [0.717, 1.165) is 32.3 Å². The molecule has 1 aromatic heterocycles. The third kappa shape index (κ3) is 2.24. The Morgan fingerprint density at radius 1 is 1.47 bits per heavy atom. The fourth-order valence-corrected chi connectivity index (χ4v) is 2.67. The van der Waals surface area contributed by atoms with E-state index in [4.69, 9.17) is 4.74 Å². The average Bonchev–Trinajstić information content (AvgIpc) is 2.75. The molecule has 0 spiro atoms. The summed E-state index contributed by atoms with van der Waals surface area (Å²) in [4.78, 5) is 2.60. The zero-order chi connectivity index (χ0) is 11.7. The van der Waals surface area contributed by atoms with Crippen LogP contribution >= 0.6 is 0 Å². The van der Waals surface area contributed by atoms with Gasteiger partial charge in [0, 0.05) is 37.4 Å². The molecule has 1 atom stereocenters. The van der Waals surface area contributed by atoms with Gasteiger partial charge in [-0.3, -0.25) is 9.58 Å². The highest BCUT2D eigenvalue weighted by Gasteiger charge is 2.30. The Kier molecular flexibility index (Phi) is 3.16. The van der Waals surface area contributed by atoms with E-state index in [1.54, 1.807) is 0 Å². The second kappa shape index (κ2) is 4.78. The quantitative estimate of drug-likeness (QED) is 0.800. The first-order valence-corrected chi connectivity index (χ1v) is 6.75. The number of nitrogens with zero attached hydrogens (tertiary/aromatic N) is 3. The SMILES string of the molecule is CCn1cc([C@@H]2CN(C3CCC3)CCO2)cn1. The highest BCUT2D eigenvalue weighted by molar-refractivity contribution is 5.10. The molecule has 2 aliphatic rings. The van der Waals surface area contributed by atoms with Gasteiger partial charge in [-0.2, -0.15) is 5.10 Å². The number of hydrogen-bond acceptors (Lipinski definition) is 3. The van der Waals surface area contributed by atoms with Crippen LogP contribution in [-0.4, -0.2) is 40.4 Å². The maximum Gasteiger partial charge on any atom is 0.0982 e. The Bertz CT molecular complexity index is 372. The minimum atomic E-state index is 0.227. The van der Waals surface area contributed by atoms with Gasteiger partial charge in [0.1, 0.15) is 0 Å². The molecule has 4 nitrogen and oxygen atoms in total. The van der Waals surface area contributed by atoms with Crippen LogP contribution < -0.4 is 0 Å². The van der Waals surface area contributed by atoms with Crippen LogP contribution in [-0.2, 0) is 11.3 Å². The predicted octanol–water partition coefficient (Wildman–Crippen LogP) is 1.83. The van der Waals surface area contributed by atoms with Gasteiger partial charge in [0.05, 0.1) is 18.9 Å². The van der Waals surface area contributed by atoms with Crippen LogP contribution in [0.15, 0.2) is 12.4 Å². The lowest BCUT2D eigenvalue weighted by Gasteiger charge is -2.42. The van der Waals surface area contributed by atoms with Crippen LogP contribution in [0.2, 0.25) is 0 Å². The van der Waals surface area contributed by atoms with Crippen molar-refractivity contribution >= 4 is 0 Å². The van der Waals surface area contributed by atoms with Gasteiger partial charge in [0.25, 0.3) is 0 Å². The van der Waals surface area contributed by atoms with Gasteiger partial charge < -0.3 is 4.74 Å². The van der Waals surface area contributed by atoms with Crippen molar-refractivity contribution < 1.29 is 4.74 Å². The van der Waals surface area contributed by atoms with Gasteiger partial charge in [-0.25, -0.2) is 0 Å². The summed E-state index contributed by atoms with van der Waals surface area (Å²) in [5.41, 5.74) is 1.23. The molecule has 1 aliphatic heterocycles. The van der Waals surface area contributed by atoms with Gasteiger partial charge in [0.15, 0.2) is 0 Å². The Balaban J connectivity index is 1.66. The predicted molar refractivity (Wildman–Crippen MR) is 65.8 cm³/mol. The molecule has 0 radical (unpaired) electrons. The highest BCUT2D eigenvalue weighted by Crippen LogP contribution is 2.30. The Morgan fingerprint density at radius 2 is 2.35 bits per heavy atom. The summed E-state index contributed by atoms with van der Waals surface area (Å²) in [5.74, 6) is 0. The second-order valence-corrected chi connectivity index (χ2v) is 5.07. The molecule has 0 unspecified atom stereocenters. The van der Waals surface area contributed by atoms with Crippen LogP contribution in [0.5, 0.6) is 0 Å². The zero-order valence-corrected chi connectivity index (χ0v) is 10.5. The topological polar surface area (TPSA) is 30.3 Å². The molecule has 0 amide bonds. The monoisotopic (exact) mass is 235 g/mol. The van der Waals surface area contributed by atoms with Crippen molar-refractivity contribution in [2.45, 2.75) is 44.9 Å². The summed E-state index contributed by atoms with van der Waals surface area (Å²) in [7, 11) is 0. The lowest BCUT2D eigenvalue weighted by atomic mass is 9.90. The van der Waals surface area contributed by atoms with Gasteiger partial charge in [0.2, 0.25) is 0 Å². The molecular formula is C13H21N3O. The highest BCUT2D eigenvalue weighted by atomic mass is 16.5. The van der Waals surface area contributed by atoms with E-state index in [0.29, 0.717) is 0 Å². The Morgan fingerprint density at radius 3 is 3.00 bits per heavy atom. The molecule has 0 aromatic carbocycles. The minimum absolute atomic E-state index is 0.227. The molecule has 2 heterocycles. The molecule has 2 fully saturated rings. The number of ether oxygens (including phenoxy) is 1. The van der Waals surface area contributed by atoms with Gasteiger partial charge in [-0.05, 0) is 19.8 Å². The summed E-state index contributed by atoms with van der Waals surface area (Å²) in [5, 5.41) is 4.33. The minimum Gasteiger partial charge on any atom is -0.371 e. The van der Waals surface area contributed by atoms with Crippen molar-refractivity contribution in [2.75, 3.05) is 19.7 Å². The van der Waals surface area contributed by atoms with Crippen LogP contribution in [0, 0.1) is 0 Å². The molecular weight excluding hydrogens is 214 g/mol. The number of aryl methyl sites for hydroxylation is 1. The maximum atomic E-state index is 5.88. The molecule has 1 aliphatic carbocycles. The molecule has 94 valence electrons. The van der Waals surface area contributed by atoms with Crippen molar-refractivity contribution in [3.05, 3.63) is 18.0 Å². The van der Waals surface area contributed by atoms with Gasteiger partial charge >= 0.3 is 0 Å². The molecule has 1 aromatic rings. The van der Waals surface area contributed by atoms with Crippen molar-refractivity contribution in [3.63, 3.8) is 0 Å². The smallest absolute Gasteiger partial charge is 0.0982 e. The van der Waals surface area contributed by atoms with E-state index in [2.05, 4.69) is 23.1 Å². The van der Waals surface area contributed by atoms with E-state index in [-0.39, 0.29) is 6.10 Å². The largest absolute Gasteiger partial charge is 0.371 e. The second-order valence-electron chi connectivity index (χ2n) is 5.07. The fourth-order valence-electron chi connectivity index (χ4n) is 2.67. The van der Waals surface area contributed by atoms with E-state index in [1.165, 1.54) is 24.8 Å². The third-order valence-electron chi connectivity index (χ3n) is 4.04. The summed E-state index contributed by atoms with van der Waals surface area (Å²) in [6, 6.07) is 0.822. The van der Waals surface area contributed by atoms with Crippen molar-refractivity contribution in [2.24, 2.45) is 0 Å². The standard InChI is InChI=1S/C13H21N3O/c1-2-16-9-11(8-14-16)13-10-15(6-7-17-13)12-4-3-5-12/h8-9,12-13H,2-7,10H2,1H3/t13-/m0/s1. The van der Waals surface area contributed by atoms with Crippen LogP contribution in [0.1, 0.15) is 37.9 Å². The lowest BCUT2D eigenvalue weighted by molar-refractivity contribution is -0.0566. The van der Waals surface area contributed by atoms with Crippen molar-refractivity contribution in [1.82, 2.24) is 14.7 Å². The Labute approximate surface area is 103 Å². The van der Waals surface area contributed by atoms with Gasteiger partial charge in [-0.1, -0.05) is 6.42 Å². The summed E-state index contributed by atoms with van der Waals surface area (Å²) < 4.78 is 7.85. The molecule has 1 saturated heterocycles. The first kappa shape index (κ1) is 11.2. The Hall–Kier alpha value is -0.870. The maximum absolute atomic E-state index is 5.88. The molecule has 3 rings (SSSR count). The summed E-state index contributed by atoms with van der Waals surface area (Å²) in [6.45, 7) is 6.04. The lowest BCUT2D eigenvalue weighted by Crippen LogP contribution is -2.47. The number of morpholine rings is 1. The first-order chi connectivity index (χ1) is 8.36. The fraction of sp³-hybridized carbons (Fsp3) is 0.769. The normalized spacial score (nSPS) is 27.0. The van der Waals surface area contributed by atoms with E-state index in [9.17, 15) is 0 Å². The van der Waals surface area contributed by atoms with Crippen LogP contribution in [0.4, 0.5) is 0 Å².